The standard InChI is InChI=1S/C16H22N2O4S/c1-21-11-12-4-3-8-18(12)14-5-2-6-15-16(14)23(19,20)17-9-7-13(10-17)22-15/h2,5-6,12-13H,3-4,7-11H2,1H3/t12-,13+/m0/s1. The van der Waals surface area contributed by atoms with Gasteiger partial charge in [-0.25, -0.2) is 8.42 Å². The first-order chi connectivity index (χ1) is 11.1. The number of ether oxygens (including phenoxy) is 2. The van der Waals surface area contributed by atoms with E-state index in [9.17, 15) is 8.42 Å². The van der Waals surface area contributed by atoms with Crippen molar-refractivity contribution in [1.29, 1.82) is 0 Å². The molecule has 126 valence electrons. The summed E-state index contributed by atoms with van der Waals surface area (Å²) in [5.74, 6) is 0.498. The van der Waals surface area contributed by atoms with E-state index in [1.807, 2.05) is 12.1 Å². The summed E-state index contributed by atoms with van der Waals surface area (Å²) in [5.41, 5.74) is 0.759. The predicted molar refractivity (Wildman–Crippen MR) is 86.5 cm³/mol. The summed E-state index contributed by atoms with van der Waals surface area (Å²) >= 11 is 0. The van der Waals surface area contributed by atoms with Gasteiger partial charge in [0.05, 0.1) is 24.9 Å². The molecule has 0 aliphatic carbocycles. The lowest BCUT2D eigenvalue weighted by atomic mass is 10.2. The molecule has 0 N–H and O–H groups in total. The number of hydrogen-bond donors (Lipinski definition) is 0. The molecule has 7 heteroatoms. The Hall–Kier alpha value is -1.31. The van der Waals surface area contributed by atoms with Crippen molar-refractivity contribution in [1.82, 2.24) is 4.31 Å². The summed E-state index contributed by atoms with van der Waals surface area (Å²) in [6.07, 6.45) is 2.80. The second-order valence-corrected chi connectivity index (χ2v) is 8.32. The number of anilines is 1. The second kappa shape index (κ2) is 5.65. The Kier molecular flexibility index (Phi) is 3.74. The highest BCUT2D eigenvalue weighted by Crippen LogP contribution is 2.42. The molecule has 1 unspecified atom stereocenters. The van der Waals surface area contributed by atoms with Crippen LogP contribution in [0.15, 0.2) is 23.1 Å². The minimum atomic E-state index is -3.51. The van der Waals surface area contributed by atoms with Gasteiger partial charge in [0.25, 0.3) is 0 Å². The van der Waals surface area contributed by atoms with Crippen molar-refractivity contribution >= 4 is 15.7 Å². The molecule has 3 aliphatic rings. The molecule has 6 nitrogen and oxygen atoms in total. The monoisotopic (exact) mass is 338 g/mol. The van der Waals surface area contributed by atoms with Crippen LogP contribution in [0.25, 0.3) is 0 Å². The number of methoxy groups -OCH3 is 1. The van der Waals surface area contributed by atoms with E-state index in [-0.39, 0.29) is 12.1 Å². The van der Waals surface area contributed by atoms with Crippen molar-refractivity contribution < 1.29 is 17.9 Å². The first-order valence-electron chi connectivity index (χ1n) is 8.16. The van der Waals surface area contributed by atoms with E-state index in [0.29, 0.717) is 30.3 Å². The van der Waals surface area contributed by atoms with E-state index in [1.54, 1.807) is 17.5 Å². The fourth-order valence-corrected chi connectivity index (χ4v) is 5.71. The molecule has 2 saturated heterocycles. The predicted octanol–water partition coefficient (Wildman–Crippen LogP) is 1.46. The number of sulfonamides is 1. The molecule has 0 radical (unpaired) electrons. The maximum Gasteiger partial charge on any atom is 0.248 e. The van der Waals surface area contributed by atoms with Crippen LogP contribution >= 0.6 is 0 Å². The molecule has 3 aliphatic heterocycles. The van der Waals surface area contributed by atoms with Gasteiger partial charge in [0, 0.05) is 20.2 Å². The van der Waals surface area contributed by atoms with Crippen molar-refractivity contribution in [3.05, 3.63) is 18.2 Å². The Labute approximate surface area is 137 Å². The van der Waals surface area contributed by atoms with E-state index >= 15 is 0 Å². The lowest BCUT2D eigenvalue weighted by Crippen LogP contribution is -2.35. The zero-order valence-electron chi connectivity index (χ0n) is 13.3. The summed E-state index contributed by atoms with van der Waals surface area (Å²) in [4.78, 5) is 2.51. The van der Waals surface area contributed by atoms with Gasteiger partial charge >= 0.3 is 0 Å². The van der Waals surface area contributed by atoms with Crippen LogP contribution in [0.5, 0.6) is 5.75 Å². The van der Waals surface area contributed by atoms with E-state index < -0.39 is 10.0 Å². The quantitative estimate of drug-likeness (QED) is 0.835. The summed E-state index contributed by atoms with van der Waals surface area (Å²) in [6.45, 7) is 2.46. The van der Waals surface area contributed by atoms with E-state index in [4.69, 9.17) is 9.47 Å². The number of nitrogens with zero attached hydrogens (tertiary/aromatic N) is 2. The van der Waals surface area contributed by atoms with Crippen LogP contribution in [-0.4, -0.2) is 58.2 Å². The first kappa shape index (κ1) is 15.2. The Morgan fingerprint density at radius 2 is 2.17 bits per heavy atom. The van der Waals surface area contributed by atoms with Crippen LogP contribution < -0.4 is 9.64 Å². The molecular formula is C16H22N2O4S. The van der Waals surface area contributed by atoms with Crippen molar-refractivity contribution in [2.45, 2.75) is 36.3 Å². The zero-order chi connectivity index (χ0) is 16.0. The fourth-order valence-electron chi connectivity index (χ4n) is 3.92. The summed E-state index contributed by atoms with van der Waals surface area (Å²) in [5, 5.41) is 0. The maximum atomic E-state index is 13.1. The normalized spacial score (nSPS) is 31.5. The third-order valence-corrected chi connectivity index (χ3v) is 6.94. The summed E-state index contributed by atoms with van der Waals surface area (Å²) < 4.78 is 39.1. The Morgan fingerprint density at radius 1 is 1.30 bits per heavy atom. The van der Waals surface area contributed by atoms with Crippen LogP contribution in [0, 0.1) is 0 Å². The van der Waals surface area contributed by atoms with Gasteiger partial charge in [-0.05, 0) is 31.4 Å². The summed E-state index contributed by atoms with van der Waals surface area (Å²) in [6, 6.07) is 5.78. The highest BCUT2D eigenvalue weighted by Gasteiger charge is 2.42. The molecule has 1 aromatic carbocycles. The summed E-state index contributed by atoms with van der Waals surface area (Å²) in [7, 11) is -1.82. The molecule has 3 atom stereocenters. The molecule has 0 saturated carbocycles. The average molecular weight is 338 g/mol. The van der Waals surface area contributed by atoms with Gasteiger partial charge in [-0.2, -0.15) is 4.31 Å². The van der Waals surface area contributed by atoms with Crippen LogP contribution in [0.2, 0.25) is 0 Å². The van der Waals surface area contributed by atoms with Gasteiger partial charge in [0.15, 0.2) is 0 Å². The topological polar surface area (TPSA) is 59.1 Å². The highest BCUT2D eigenvalue weighted by atomic mass is 32.2. The molecule has 0 aromatic heterocycles. The Balaban J connectivity index is 1.83. The minimum Gasteiger partial charge on any atom is -0.487 e. The third kappa shape index (κ3) is 2.42. The molecule has 0 amide bonds. The van der Waals surface area contributed by atoms with Crippen molar-refractivity contribution in [2.75, 3.05) is 38.3 Å². The fraction of sp³-hybridized carbons (Fsp3) is 0.625. The van der Waals surface area contributed by atoms with Crippen molar-refractivity contribution in [2.24, 2.45) is 0 Å². The molecule has 2 fully saturated rings. The minimum absolute atomic E-state index is 0.0328. The lowest BCUT2D eigenvalue weighted by Gasteiger charge is -2.29. The SMILES string of the molecule is COC[C@@H]1CCCN1c1cccc2c1S(=O)(=O)N1CC[C@H](C1)O2. The van der Waals surface area contributed by atoms with Crippen LogP contribution in [0.3, 0.4) is 0 Å². The van der Waals surface area contributed by atoms with Crippen molar-refractivity contribution in [3.63, 3.8) is 0 Å². The van der Waals surface area contributed by atoms with Gasteiger partial charge < -0.3 is 14.4 Å². The largest absolute Gasteiger partial charge is 0.487 e. The number of benzene rings is 1. The van der Waals surface area contributed by atoms with E-state index in [2.05, 4.69) is 4.90 Å². The Morgan fingerprint density at radius 3 is 3.00 bits per heavy atom. The number of rotatable bonds is 3. The van der Waals surface area contributed by atoms with Crippen molar-refractivity contribution in [3.8, 4) is 5.75 Å². The highest BCUT2D eigenvalue weighted by molar-refractivity contribution is 7.89. The van der Waals surface area contributed by atoms with E-state index in [0.717, 1.165) is 31.5 Å². The molecular weight excluding hydrogens is 316 g/mol. The number of hydrogen-bond acceptors (Lipinski definition) is 5. The first-order valence-corrected chi connectivity index (χ1v) is 9.60. The molecule has 2 bridgehead atoms. The van der Waals surface area contributed by atoms with Gasteiger partial charge in [0.2, 0.25) is 10.0 Å². The van der Waals surface area contributed by atoms with Crippen LogP contribution in [-0.2, 0) is 14.8 Å². The lowest BCUT2D eigenvalue weighted by molar-refractivity contribution is 0.180. The second-order valence-electron chi connectivity index (χ2n) is 6.44. The number of fused-ring (bicyclic) bond motifs is 3. The zero-order valence-corrected chi connectivity index (χ0v) is 14.1. The average Bonchev–Trinajstić information content (AvgIpc) is 3.14. The molecule has 4 rings (SSSR count). The molecule has 23 heavy (non-hydrogen) atoms. The van der Waals surface area contributed by atoms with E-state index in [1.165, 1.54) is 0 Å². The third-order valence-electron chi connectivity index (χ3n) is 5.00. The van der Waals surface area contributed by atoms with Crippen LogP contribution in [0.4, 0.5) is 5.69 Å². The van der Waals surface area contributed by atoms with Gasteiger partial charge in [-0.1, -0.05) is 6.07 Å². The van der Waals surface area contributed by atoms with Gasteiger partial charge in [0.1, 0.15) is 16.7 Å². The molecule has 1 aromatic rings. The van der Waals surface area contributed by atoms with Crippen LogP contribution in [0.1, 0.15) is 19.3 Å². The molecule has 0 spiro atoms. The molecule has 3 heterocycles. The van der Waals surface area contributed by atoms with Gasteiger partial charge in [-0.3, -0.25) is 0 Å². The maximum absolute atomic E-state index is 13.1. The van der Waals surface area contributed by atoms with Gasteiger partial charge in [-0.15, -0.1) is 0 Å². The Bertz CT molecular complexity index is 706. The smallest absolute Gasteiger partial charge is 0.248 e.